The van der Waals surface area contributed by atoms with Crippen molar-refractivity contribution in [1.82, 2.24) is 20.5 Å². The number of carbonyl (C=O) groups is 2. The number of aromatic amines is 1. The predicted octanol–water partition coefficient (Wildman–Crippen LogP) is 2.54. The van der Waals surface area contributed by atoms with E-state index in [1.165, 1.54) is 12.3 Å². The average molecular weight is 325 g/mol. The summed E-state index contributed by atoms with van der Waals surface area (Å²) < 4.78 is 0. The fourth-order valence-electron chi connectivity index (χ4n) is 2.32. The van der Waals surface area contributed by atoms with Gasteiger partial charge in [-0.1, -0.05) is 30.3 Å². The first-order chi connectivity index (χ1) is 11.5. The van der Waals surface area contributed by atoms with Crippen molar-refractivity contribution in [3.8, 4) is 0 Å². The molecule has 0 bridgehead atoms. The minimum atomic E-state index is -1.14. The van der Waals surface area contributed by atoms with Crippen molar-refractivity contribution in [3.63, 3.8) is 0 Å². The molecule has 0 aliphatic heterocycles. The molecule has 0 radical (unpaired) electrons. The molecule has 3 aromatic rings. The number of amides is 2. The Balaban J connectivity index is 1.70. The van der Waals surface area contributed by atoms with E-state index in [-0.39, 0.29) is 11.7 Å². The molecule has 3 rings (SSSR count). The minimum Gasteiger partial charge on any atom is -0.476 e. The van der Waals surface area contributed by atoms with E-state index < -0.39 is 12.0 Å². The number of H-pyrrole nitrogens is 1. The fraction of sp³-hybridized carbons (Fsp3) is 0.125. The summed E-state index contributed by atoms with van der Waals surface area (Å²) in [5.41, 5.74) is 1.36. The van der Waals surface area contributed by atoms with E-state index in [2.05, 4.69) is 25.8 Å². The molecule has 0 saturated heterocycles. The molecule has 24 heavy (non-hydrogen) atoms. The molecule has 4 N–H and O–H groups in total. The average Bonchev–Trinajstić information content (AvgIpc) is 2.99. The van der Waals surface area contributed by atoms with Gasteiger partial charge in [0.2, 0.25) is 0 Å². The Bertz CT molecular complexity index is 891. The van der Waals surface area contributed by atoms with E-state index in [1.807, 2.05) is 37.3 Å². The number of benzene rings is 1. The van der Waals surface area contributed by atoms with Crippen LogP contribution in [0.5, 0.6) is 0 Å². The summed E-state index contributed by atoms with van der Waals surface area (Å²) in [7, 11) is 0. The molecule has 2 heterocycles. The zero-order valence-electron chi connectivity index (χ0n) is 12.8. The van der Waals surface area contributed by atoms with Crippen LogP contribution in [-0.2, 0) is 0 Å². The number of hydrogen-bond donors (Lipinski definition) is 4. The lowest BCUT2D eigenvalue weighted by Gasteiger charge is -2.14. The van der Waals surface area contributed by atoms with Gasteiger partial charge in [-0.3, -0.25) is 10.4 Å². The van der Waals surface area contributed by atoms with E-state index in [9.17, 15) is 9.59 Å². The summed E-state index contributed by atoms with van der Waals surface area (Å²) in [4.78, 5) is 27.1. The Kier molecular flexibility index (Phi) is 4.11. The van der Waals surface area contributed by atoms with Crippen LogP contribution in [0.25, 0.3) is 10.9 Å². The van der Waals surface area contributed by atoms with E-state index in [0.29, 0.717) is 16.7 Å². The molecule has 8 nitrogen and oxygen atoms in total. The fourth-order valence-corrected chi connectivity index (χ4v) is 2.32. The summed E-state index contributed by atoms with van der Waals surface area (Å²) >= 11 is 0. The number of pyridine rings is 1. The van der Waals surface area contributed by atoms with Crippen molar-refractivity contribution >= 4 is 28.7 Å². The number of carboxylic acid groups (broad SMARTS) is 1. The van der Waals surface area contributed by atoms with E-state index in [4.69, 9.17) is 5.11 Å². The highest BCUT2D eigenvalue weighted by Crippen LogP contribution is 2.18. The predicted molar refractivity (Wildman–Crippen MR) is 87.9 cm³/mol. The lowest BCUT2D eigenvalue weighted by molar-refractivity contribution is 0.0692. The van der Waals surface area contributed by atoms with E-state index in [1.54, 1.807) is 0 Å². The maximum atomic E-state index is 12.1. The molecule has 1 atom stereocenters. The third-order valence-corrected chi connectivity index (χ3v) is 3.54. The van der Waals surface area contributed by atoms with Gasteiger partial charge in [0.1, 0.15) is 5.82 Å². The molecule has 0 spiro atoms. The van der Waals surface area contributed by atoms with Crippen LogP contribution >= 0.6 is 0 Å². The Morgan fingerprint density at radius 1 is 1.25 bits per heavy atom. The second kappa shape index (κ2) is 6.37. The normalized spacial score (nSPS) is 11.9. The lowest BCUT2D eigenvalue weighted by atomic mass is 10.1. The third kappa shape index (κ3) is 3.17. The molecular formula is C16H15N5O3. The van der Waals surface area contributed by atoms with Crippen LogP contribution in [0, 0.1) is 0 Å². The largest absolute Gasteiger partial charge is 0.476 e. The summed E-state index contributed by atoms with van der Waals surface area (Å²) in [6.07, 6.45) is 1.36. The molecule has 8 heteroatoms. The van der Waals surface area contributed by atoms with Gasteiger partial charge in [0.25, 0.3) is 0 Å². The molecule has 0 aliphatic carbocycles. The molecule has 0 unspecified atom stereocenters. The van der Waals surface area contributed by atoms with Gasteiger partial charge in [-0.15, -0.1) is 0 Å². The van der Waals surface area contributed by atoms with Gasteiger partial charge in [0.15, 0.2) is 5.69 Å². The standard InChI is InChI=1S/C16H15N5O3/c1-9(10-5-3-2-4-6-10)18-16(24)19-13-7-12-11(8-17-13)14(15(22)23)21-20-12/h2-9H,1H3,(H,20,21)(H,22,23)(H2,17,18,19,24)/t9-/m1/s1. The maximum Gasteiger partial charge on any atom is 0.357 e. The quantitative estimate of drug-likeness (QED) is 0.587. The van der Waals surface area contributed by atoms with Gasteiger partial charge in [0.05, 0.1) is 16.9 Å². The number of anilines is 1. The summed E-state index contributed by atoms with van der Waals surface area (Å²) in [5.74, 6) is -0.848. The molecule has 0 saturated carbocycles. The Hall–Kier alpha value is -3.42. The van der Waals surface area contributed by atoms with Gasteiger partial charge < -0.3 is 10.4 Å². The van der Waals surface area contributed by atoms with Crippen LogP contribution in [0.4, 0.5) is 10.6 Å². The number of carboxylic acids is 1. The van der Waals surface area contributed by atoms with Crippen molar-refractivity contribution in [3.05, 3.63) is 53.9 Å². The monoisotopic (exact) mass is 325 g/mol. The first-order valence-electron chi connectivity index (χ1n) is 7.24. The third-order valence-electron chi connectivity index (χ3n) is 3.54. The van der Waals surface area contributed by atoms with Crippen LogP contribution < -0.4 is 10.6 Å². The molecule has 0 aliphatic rings. The van der Waals surface area contributed by atoms with Gasteiger partial charge >= 0.3 is 12.0 Å². The number of urea groups is 1. The molecular weight excluding hydrogens is 310 g/mol. The van der Waals surface area contributed by atoms with Crippen molar-refractivity contribution in [2.24, 2.45) is 0 Å². The summed E-state index contributed by atoms with van der Waals surface area (Å²) in [6, 6.07) is 10.5. The van der Waals surface area contributed by atoms with Crippen molar-refractivity contribution < 1.29 is 14.7 Å². The van der Waals surface area contributed by atoms with Crippen molar-refractivity contribution in [2.75, 3.05) is 5.32 Å². The smallest absolute Gasteiger partial charge is 0.357 e. The maximum absolute atomic E-state index is 12.1. The van der Waals surface area contributed by atoms with E-state index in [0.717, 1.165) is 5.56 Å². The van der Waals surface area contributed by atoms with Crippen LogP contribution in [0.15, 0.2) is 42.6 Å². The molecule has 122 valence electrons. The number of carbonyl (C=O) groups excluding carboxylic acids is 1. The van der Waals surface area contributed by atoms with Gasteiger partial charge in [0, 0.05) is 12.3 Å². The number of aromatic nitrogens is 3. The summed E-state index contributed by atoms with van der Waals surface area (Å²) in [6.45, 7) is 1.87. The topological polar surface area (TPSA) is 120 Å². The van der Waals surface area contributed by atoms with Gasteiger partial charge in [-0.25, -0.2) is 14.6 Å². The number of nitrogens with zero attached hydrogens (tertiary/aromatic N) is 2. The Morgan fingerprint density at radius 3 is 2.71 bits per heavy atom. The van der Waals surface area contributed by atoms with Gasteiger partial charge in [-0.05, 0) is 12.5 Å². The number of fused-ring (bicyclic) bond motifs is 1. The minimum absolute atomic E-state index is 0.105. The number of nitrogens with one attached hydrogen (secondary N) is 3. The Labute approximate surface area is 136 Å². The lowest BCUT2D eigenvalue weighted by Crippen LogP contribution is -2.31. The molecule has 2 aromatic heterocycles. The molecule has 2 amide bonds. The second-order valence-electron chi connectivity index (χ2n) is 5.22. The van der Waals surface area contributed by atoms with Crippen LogP contribution in [0.1, 0.15) is 29.0 Å². The van der Waals surface area contributed by atoms with Crippen LogP contribution in [0.2, 0.25) is 0 Å². The number of hydrogen-bond acceptors (Lipinski definition) is 4. The Morgan fingerprint density at radius 2 is 2.00 bits per heavy atom. The highest BCUT2D eigenvalue weighted by atomic mass is 16.4. The van der Waals surface area contributed by atoms with Crippen molar-refractivity contribution in [2.45, 2.75) is 13.0 Å². The summed E-state index contributed by atoms with van der Waals surface area (Å²) in [5, 5.41) is 21.1. The zero-order chi connectivity index (χ0) is 17.1. The van der Waals surface area contributed by atoms with E-state index >= 15 is 0 Å². The molecule has 1 aromatic carbocycles. The first-order valence-corrected chi connectivity index (χ1v) is 7.24. The number of rotatable bonds is 4. The number of aromatic carboxylic acids is 1. The molecule has 0 fully saturated rings. The SMILES string of the molecule is C[C@@H](NC(=O)Nc1cc2[nH]nc(C(=O)O)c2cn1)c1ccccc1. The second-order valence-corrected chi connectivity index (χ2v) is 5.22. The first kappa shape index (κ1) is 15.5. The van der Waals surface area contributed by atoms with Crippen molar-refractivity contribution in [1.29, 1.82) is 0 Å². The van der Waals surface area contributed by atoms with Crippen LogP contribution in [0.3, 0.4) is 0 Å². The van der Waals surface area contributed by atoms with Crippen LogP contribution in [-0.4, -0.2) is 32.3 Å². The van der Waals surface area contributed by atoms with Gasteiger partial charge in [-0.2, -0.15) is 5.10 Å². The zero-order valence-corrected chi connectivity index (χ0v) is 12.8. The highest BCUT2D eigenvalue weighted by molar-refractivity contribution is 6.01. The highest BCUT2D eigenvalue weighted by Gasteiger charge is 2.14.